The Morgan fingerprint density at radius 3 is 2.39 bits per heavy atom. The van der Waals surface area contributed by atoms with Gasteiger partial charge in [-0.15, -0.1) is 0 Å². The van der Waals surface area contributed by atoms with E-state index < -0.39 is 0 Å². The molecule has 0 radical (unpaired) electrons. The smallest absolute Gasteiger partial charge is 0.223 e. The topological polar surface area (TPSA) is 44.1 Å². The highest BCUT2D eigenvalue weighted by atomic mass is 35.5. The lowest BCUT2D eigenvalue weighted by Gasteiger charge is -2.13. The largest absolute Gasteiger partial charge is 0.472 e. The first-order valence-corrected chi connectivity index (χ1v) is 9.83. The molecule has 4 nitrogen and oxygen atoms in total. The maximum Gasteiger partial charge on any atom is 0.223 e. The molecule has 0 saturated carbocycles. The molecule has 2 aromatic carbocycles. The molecule has 28 heavy (non-hydrogen) atoms. The van der Waals surface area contributed by atoms with Crippen LogP contribution in [-0.2, 0) is 13.2 Å². The van der Waals surface area contributed by atoms with Crippen LogP contribution < -0.4 is 4.74 Å². The number of carbonyl (C=O) groups is 1. The second-order valence-electron chi connectivity index (χ2n) is 6.78. The summed E-state index contributed by atoms with van der Waals surface area (Å²) in [4.78, 5) is 13.2. The molecule has 3 rings (SSSR count). The summed E-state index contributed by atoms with van der Waals surface area (Å²) in [7, 11) is 0. The highest BCUT2D eigenvalue weighted by molar-refractivity contribution is 6.39. The highest BCUT2D eigenvalue weighted by Gasteiger charge is 2.24. The van der Waals surface area contributed by atoms with E-state index >= 15 is 0 Å². The molecule has 0 aliphatic carbocycles. The average molecular weight is 417 g/mol. The summed E-state index contributed by atoms with van der Waals surface area (Å²) >= 11 is 12.7. The molecule has 0 fully saturated rings. The second kappa shape index (κ2) is 8.38. The third-order valence-electron chi connectivity index (χ3n) is 4.68. The quantitative estimate of drug-likeness (QED) is 0.466. The van der Waals surface area contributed by atoms with Gasteiger partial charge in [0, 0.05) is 17.1 Å². The van der Waals surface area contributed by atoms with Gasteiger partial charge in [-0.1, -0.05) is 53.0 Å². The molecule has 0 spiro atoms. The normalized spacial score (nSPS) is 10.9. The fourth-order valence-electron chi connectivity index (χ4n) is 2.99. The lowest BCUT2D eigenvalue weighted by atomic mass is 10.0. The average Bonchev–Trinajstić information content (AvgIpc) is 3.11. The van der Waals surface area contributed by atoms with Gasteiger partial charge in [0.25, 0.3) is 0 Å². The molecule has 1 aromatic heterocycles. The van der Waals surface area contributed by atoms with Gasteiger partial charge in [0.15, 0.2) is 0 Å². The number of hydrogen-bond acceptors (Lipinski definition) is 3. The zero-order chi connectivity index (χ0) is 20.4. The molecule has 0 amide bonds. The van der Waals surface area contributed by atoms with Crippen molar-refractivity contribution in [3.05, 3.63) is 80.0 Å². The van der Waals surface area contributed by atoms with Crippen LogP contribution in [0, 0.1) is 20.8 Å². The predicted molar refractivity (Wildman–Crippen MR) is 113 cm³/mol. The number of carbonyl (C=O) groups excluding carboxylic acids is 1. The number of aryl methyl sites for hydroxylation is 3. The summed E-state index contributed by atoms with van der Waals surface area (Å²) in [5.74, 6) is 0.209. The molecule has 0 unspecified atom stereocenters. The molecule has 0 saturated heterocycles. The number of aromatic nitrogens is 2. The van der Waals surface area contributed by atoms with Crippen LogP contribution in [0.5, 0.6) is 5.88 Å². The van der Waals surface area contributed by atoms with Crippen molar-refractivity contribution in [1.29, 1.82) is 0 Å². The molecule has 1 heterocycles. The summed E-state index contributed by atoms with van der Waals surface area (Å²) in [5, 5.41) is 5.23. The third-order valence-corrected chi connectivity index (χ3v) is 5.75. The number of ether oxygens (including phenoxy) is 1. The van der Waals surface area contributed by atoms with Gasteiger partial charge in [0.05, 0.1) is 11.2 Å². The minimum atomic E-state index is -0.230. The van der Waals surface area contributed by atoms with Crippen LogP contribution in [0.15, 0.2) is 36.5 Å². The molecule has 0 bridgehead atoms. The van der Waals surface area contributed by atoms with Crippen LogP contribution in [0.1, 0.15) is 45.1 Å². The van der Waals surface area contributed by atoms with Gasteiger partial charge in [0.1, 0.15) is 12.2 Å². The fraction of sp³-hybridized carbons (Fsp3) is 0.273. The van der Waals surface area contributed by atoms with E-state index in [1.807, 2.05) is 45.0 Å². The first kappa shape index (κ1) is 20.4. The Hall–Kier alpha value is -2.30. The zero-order valence-corrected chi connectivity index (χ0v) is 17.9. The monoisotopic (exact) mass is 416 g/mol. The van der Waals surface area contributed by atoms with E-state index in [4.69, 9.17) is 27.9 Å². The Balaban J connectivity index is 1.95. The molecule has 0 aliphatic heterocycles. The van der Waals surface area contributed by atoms with Gasteiger partial charge in [0.2, 0.25) is 11.7 Å². The van der Waals surface area contributed by atoms with Gasteiger partial charge in [-0.2, -0.15) is 5.10 Å². The maximum absolute atomic E-state index is 13.2. The van der Waals surface area contributed by atoms with Crippen molar-refractivity contribution >= 4 is 29.0 Å². The highest BCUT2D eigenvalue weighted by Crippen LogP contribution is 2.33. The van der Waals surface area contributed by atoms with Crippen molar-refractivity contribution in [1.82, 2.24) is 9.78 Å². The van der Waals surface area contributed by atoms with Crippen LogP contribution in [0.2, 0.25) is 10.0 Å². The van der Waals surface area contributed by atoms with Gasteiger partial charge in [-0.25, -0.2) is 4.68 Å². The Bertz CT molecular complexity index is 1020. The number of rotatable bonds is 6. The van der Waals surface area contributed by atoms with Crippen molar-refractivity contribution in [2.24, 2.45) is 0 Å². The van der Waals surface area contributed by atoms with E-state index in [9.17, 15) is 4.79 Å². The minimum absolute atomic E-state index is 0.230. The lowest BCUT2D eigenvalue weighted by molar-refractivity contribution is 0.103. The molecule has 6 heteroatoms. The SMILES string of the molecule is CCn1ncc(C(=O)c2cc(C)c(Cl)c(C)c2Cl)c1OCc1ccc(C)cc1. The van der Waals surface area contributed by atoms with Crippen LogP contribution in [0.25, 0.3) is 0 Å². The number of nitrogens with zero attached hydrogens (tertiary/aromatic N) is 2. The molecule has 146 valence electrons. The third kappa shape index (κ3) is 3.94. The van der Waals surface area contributed by atoms with Crippen molar-refractivity contribution in [3.8, 4) is 5.88 Å². The minimum Gasteiger partial charge on any atom is -0.472 e. The Kier molecular flexibility index (Phi) is 6.11. The standard InChI is InChI=1S/C22H22Cl2N2O2/c1-5-26-22(28-12-16-8-6-13(2)7-9-16)18(11-25-26)21(27)17-10-14(3)19(23)15(4)20(17)24/h6-11H,5,12H2,1-4H3. The van der Waals surface area contributed by atoms with Crippen LogP contribution in [0.4, 0.5) is 0 Å². The van der Waals surface area contributed by atoms with Crippen LogP contribution in [-0.4, -0.2) is 15.6 Å². The van der Waals surface area contributed by atoms with E-state index in [2.05, 4.69) is 5.10 Å². The van der Waals surface area contributed by atoms with Crippen LogP contribution in [0.3, 0.4) is 0 Å². The molecule has 3 aromatic rings. The lowest BCUT2D eigenvalue weighted by Crippen LogP contribution is -2.09. The molecular formula is C22H22Cl2N2O2. The van der Waals surface area contributed by atoms with Gasteiger partial charge in [-0.3, -0.25) is 4.79 Å². The van der Waals surface area contributed by atoms with Crippen LogP contribution >= 0.6 is 23.2 Å². The van der Waals surface area contributed by atoms with Crippen molar-refractivity contribution in [3.63, 3.8) is 0 Å². The van der Waals surface area contributed by atoms with E-state index in [1.54, 1.807) is 17.7 Å². The summed E-state index contributed by atoms with van der Waals surface area (Å²) in [6.07, 6.45) is 1.53. The summed E-state index contributed by atoms with van der Waals surface area (Å²) in [6.45, 7) is 8.57. The molecule has 0 aliphatic rings. The molecular weight excluding hydrogens is 395 g/mol. The maximum atomic E-state index is 13.2. The summed E-state index contributed by atoms with van der Waals surface area (Å²) in [6, 6.07) is 9.79. The van der Waals surface area contributed by atoms with Crippen molar-refractivity contribution in [2.45, 2.75) is 40.8 Å². The predicted octanol–water partition coefficient (Wildman–Crippen LogP) is 5.95. The number of ketones is 1. The zero-order valence-electron chi connectivity index (χ0n) is 16.3. The molecule has 0 N–H and O–H groups in total. The Morgan fingerprint density at radius 1 is 1.07 bits per heavy atom. The van der Waals surface area contributed by atoms with Gasteiger partial charge < -0.3 is 4.74 Å². The fourth-order valence-corrected chi connectivity index (χ4v) is 3.42. The number of benzene rings is 2. The van der Waals surface area contributed by atoms with Gasteiger partial charge >= 0.3 is 0 Å². The van der Waals surface area contributed by atoms with E-state index in [1.165, 1.54) is 11.8 Å². The summed E-state index contributed by atoms with van der Waals surface area (Å²) < 4.78 is 7.67. The van der Waals surface area contributed by atoms with E-state index in [0.717, 1.165) is 11.1 Å². The Labute approximate surface area is 175 Å². The number of halogens is 2. The van der Waals surface area contributed by atoms with E-state index in [0.29, 0.717) is 45.8 Å². The summed E-state index contributed by atoms with van der Waals surface area (Å²) in [5.41, 5.74) is 4.48. The Morgan fingerprint density at radius 2 is 1.75 bits per heavy atom. The first-order chi connectivity index (χ1) is 13.3. The van der Waals surface area contributed by atoms with Crippen molar-refractivity contribution in [2.75, 3.05) is 0 Å². The van der Waals surface area contributed by atoms with Gasteiger partial charge in [-0.05, 0) is 50.5 Å². The number of hydrogen-bond donors (Lipinski definition) is 0. The second-order valence-corrected chi connectivity index (χ2v) is 7.53. The first-order valence-electron chi connectivity index (χ1n) is 9.07. The van der Waals surface area contributed by atoms with E-state index in [-0.39, 0.29) is 5.78 Å². The van der Waals surface area contributed by atoms with Crippen molar-refractivity contribution < 1.29 is 9.53 Å². The molecule has 0 atom stereocenters.